The van der Waals surface area contributed by atoms with E-state index in [2.05, 4.69) is 39.9 Å². The lowest BCUT2D eigenvalue weighted by molar-refractivity contribution is -0.384. The molecule has 1 saturated carbocycles. The highest BCUT2D eigenvalue weighted by molar-refractivity contribution is 5.94. The van der Waals surface area contributed by atoms with Gasteiger partial charge < -0.3 is 10.4 Å². The number of aliphatic hydroxyl groups is 1. The summed E-state index contributed by atoms with van der Waals surface area (Å²) >= 11 is 0. The van der Waals surface area contributed by atoms with Gasteiger partial charge >= 0.3 is 0 Å². The summed E-state index contributed by atoms with van der Waals surface area (Å²) in [5, 5.41) is 26.0. The van der Waals surface area contributed by atoms with Crippen molar-refractivity contribution < 1.29 is 14.8 Å². The van der Waals surface area contributed by atoms with Gasteiger partial charge in [0.2, 0.25) is 0 Å². The minimum Gasteiger partial charge on any atom is -0.385 e. The van der Waals surface area contributed by atoms with Gasteiger partial charge in [-0.05, 0) is 72.5 Å². The molecule has 3 aliphatic rings. The second-order valence-electron chi connectivity index (χ2n) is 12.1. The number of nitro benzene ring substituents is 1. The summed E-state index contributed by atoms with van der Waals surface area (Å²) in [6.07, 6.45) is 5.24. The molecule has 0 unspecified atom stereocenters. The number of amides is 1. The quantitative estimate of drug-likeness (QED) is 0.397. The van der Waals surface area contributed by atoms with Crippen LogP contribution in [0.5, 0.6) is 0 Å². The minimum absolute atomic E-state index is 0.0279. The zero-order valence-corrected chi connectivity index (χ0v) is 19.2. The van der Waals surface area contributed by atoms with Crippen molar-refractivity contribution in [2.45, 2.75) is 84.8 Å². The van der Waals surface area contributed by atoms with Gasteiger partial charge in [0.25, 0.3) is 11.6 Å². The molecule has 2 bridgehead atoms. The van der Waals surface area contributed by atoms with Crippen LogP contribution < -0.4 is 5.32 Å². The zero-order chi connectivity index (χ0) is 22.8. The normalized spacial score (nSPS) is 33.4. The Kier molecular flexibility index (Phi) is 4.89. The number of carbonyl (C=O) groups is 1. The lowest BCUT2D eigenvalue weighted by atomic mass is 9.49. The van der Waals surface area contributed by atoms with Crippen molar-refractivity contribution in [1.29, 1.82) is 0 Å². The van der Waals surface area contributed by atoms with Gasteiger partial charge in [-0.3, -0.25) is 14.9 Å². The third-order valence-electron chi connectivity index (χ3n) is 7.36. The molecule has 6 nitrogen and oxygen atoms in total. The number of non-ortho nitro benzene ring substituents is 1. The number of nitrogens with zero attached hydrogens (tertiary/aromatic N) is 1. The lowest BCUT2D eigenvalue weighted by Gasteiger charge is -2.59. The van der Waals surface area contributed by atoms with Crippen LogP contribution in [-0.2, 0) is 0 Å². The van der Waals surface area contributed by atoms with Gasteiger partial charge in [-0.25, -0.2) is 0 Å². The van der Waals surface area contributed by atoms with Gasteiger partial charge in [0.05, 0.1) is 16.6 Å². The van der Waals surface area contributed by atoms with Crippen LogP contribution in [0.3, 0.4) is 0 Å². The average molecular weight is 427 g/mol. The molecule has 3 aliphatic carbocycles. The van der Waals surface area contributed by atoms with Crippen molar-refractivity contribution >= 4 is 11.6 Å². The molecule has 2 N–H and O–H groups in total. The Bertz CT molecular complexity index is 962. The Balaban J connectivity index is 1.68. The van der Waals surface area contributed by atoms with E-state index in [9.17, 15) is 20.0 Å². The van der Waals surface area contributed by atoms with E-state index < -0.39 is 10.5 Å². The fraction of sp³-hybridized carbons (Fsp3) is 0.640. The van der Waals surface area contributed by atoms with Gasteiger partial charge in [-0.2, -0.15) is 0 Å². The molecular formula is C25H34N2O4. The second-order valence-corrected chi connectivity index (χ2v) is 12.1. The van der Waals surface area contributed by atoms with E-state index in [0.29, 0.717) is 12.0 Å². The van der Waals surface area contributed by atoms with Crippen LogP contribution in [0.4, 0.5) is 5.69 Å². The van der Waals surface area contributed by atoms with Crippen LogP contribution in [0.1, 0.15) is 83.5 Å². The molecule has 3 atom stereocenters. The highest BCUT2D eigenvalue weighted by Gasteiger charge is 2.57. The molecular weight excluding hydrogens is 392 g/mol. The van der Waals surface area contributed by atoms with Crippen molar-refractivity contribution in [2.24, 2.45) is 16.2 Å². The molecule has 1 fully saturated rings. The van der Waals surface area contributed by atoms with Crippen LogP contribution in [0.15, 0.2) is 35.4 Å². The number of fused-ring (bicyclic) bond motifs is 3. The van der Waals surface area contributed by atoms with Crippen molar-refractivity contribution in [3.05, 3.63) is 51.1 Å². The number of allylic oxidation sites excluding steroid dienone is 1. The molecule has 0 aliphatic heterocycles. The van der Waals surface area contributed by atoms with Crippen molar-refractivity contribution in [3.8, 4) is 0 Å². The largest absolute Gasteiger partial charge is 0.385 e. The van der Waals surface area contributed by atoms with Gasteiger partial charge in [-0.15, -0.1) is 0 Å². The first kappa shape index (κ1) is 22.0. The molecule has 0 saturated heterocycles. The third-order valence-corrected chi connectivity index (χ3v) is 7.36. The predicted molar refractivity (Wildman–Crippen MR) is 120 cm³/mol. The molecule has 0 aromatic heterocycles. The Morgan fingerprint density at radius 1 is 1.03 bits per heavy atom. The number of hydrogen-bond donors (Lipinski definition) is 2. The first-order valence-corrected chi connectivity index (χ1v) is 11.2. The van der Waals surface area contributed by atoms with E-state index in [1.165, 1.54) is 29.8 Å². The minimum atomic E-state index is -0.895. The molecule has 1 amide bonds. The zero-order valence-electron chi connectivity index (χ0n) is 19.2. The molecule has 1 aromatic carbocycles. The first-order valence-electron chi connectivity index (χ1n) is 11.2. The predicted octanol–water partition coefficient (Wildman–Crippen LogP) is 5.16. The Hall–Kier alpha value is -2.21. The molecule has 0 spiro atoms. The first-order chi connectivity index (χ1) is 14.2. The highest BCUT2D eigenvalue weighted by Crippen LogP contribution is 2.62. The van der Waals surface area contributed by atoms with Gasteiger partial charge in [-0.1, -0.05) is 40.2 Å². The fourth-order valence-corrected chi connectivity index (χ4v) is 7.23. The van der Waals surface area contributed by atoms with Crippen molar-refractivity contribution in [3.63, 3.8) is 0 Å². The third kappa shape index (κ3) is 4.14. The number of benzene rings is 1. The van der Waals surface area contributed by atoms with E-state index in [4.69, 9.17) is 0 Å². The lowest BCUT2D eigenvalue weighted by Crippen LogP contribution is -2.58. The number of nitro groups is 1. The molecule has 0 radical (unpaired) electrons. The van der Waals surface area contributed by atoms with Crippen molar-refractivity contribution in [2.75, 3.05) is 0 Å². The number of rotatable bonds is 3. The molecule has 168 valence electrons. The Morgan fingerprint density at radius 3 is 2.29 bits per heavy atom. The Labute approximate surface area is 184 Å². The van der Waals surface area contributed by atoms with Crippen LogP contribution >= 0.6 is 0 Å². The second kappa shape index (κ2) is 6.89. The van der Waals surface area contributed by atoms with Gasteiger partial charge in [0.15, 0.2) is 0 Å². The number of hydrogen-bond acceptors (Lipinski definition) is 4. The Morgan fingerprint density at radius 2 is 1.68 bits per heavy atom. The monoisotopic (exact) mass is 426 g/mol. The standard InChI is InChI=1S/C25H34N2O4/c1-22(2)10-17-11-24(5)13-23(3,4)14-25(29,15-24)20(17)19(12-22)26-21(28)16-6-8-18(9-7-16)27(30)31/h6-9,19,29H,10-15H2,1-5H3,(H,26,28)/t19-,24-,25+/m1/s1. The van der Waals surface area contributed by atoms with Crippen LogP contribution in [-0.4, -0.2) is 27.6 Å². The SMILES string of the molecule is CC1(C)CC2=C([C@H](NC(=O)c3ccc([N+](=O)[O-])cc3)C1)[C@]1(O)CC(C)(C)C[C@@](C)(C2)C1. The topological polar surface area (TPSA) is 92.5 Å². The summed E-state index contributed by atoms with van der Waals surface area (Å²) in [5.74, 6) is -0.253. The highest BCUT2D eigenvalue weighted by atomic mass is 16.6. The van der Waals surface area contributed by atoms with E-state index >= 15 is 0 Å². The summed E-state index contributed by atoms with van der Waals surface area (Å²) in [7, 11) is 0. The summed E-state index contributed by atoms with van der Waals surface area (Å²) in [4.78, 5) is 23.5. The fourth-order valence-electron chi connectivity index (χ4n) is 7.23. The summed E-state index contributed by atoms with van der Waals surface area (Å²) in [6, 6.07) is 5.46. The number of nitrogens with one attached hydrogen (secondary N) is 1. The van der Waals surface area contributed by atoms with E-state index in [-0.39, 0.29) is 33.9 Å². The van der Waals surface area contributed by atoms with Crippen LogP contribution in [0.25, 0.3) is 0 Å². The molecule has 4 rings (SSSR count). The average Bonchev–Trinajstić information content (AvgIpc) is 2.56. The maximum absolute atomic E-state index is 13.1. The summed E-state index contributed by atoms with van der Waals surface area (Å²) < 4.78 is 0. The van der Waals surface area contributed by atoms with Crippen LogP contribution in [0, 0.1) is 26.4 Å². The maximum Gasteiger partial charge on any atom is 0.269 e. The van der Waals surface area contributed by atoms with E-state index in [1.807, 2.05) is 0 Å². The molecule has 0 heterocycles. The number of carbonyl (C=O) groups excluding carboxylic acids is 1. The maximum atomic E-state index is 13.1. The smallest absolute Gasteiger partial charge is 0.269 e. The van der Waals surface area contributed by atoms with Crippen molar-refractivity contribution in [1.82, 2.24) is 5.32 Å². The molecule has 1 aromatic rings. The summed E-state index contributed by atoms with van der Waals surface area (Å²) in [5.41, 5.74) is 1.96. The molecule has 6 heteroatoms. The molecule has 31 heavy (non-hydrogen) atoms. The summed E-state index contributed by atoms with van der Waals surface area (Å²) in [6.45, 7) is 11.2. The van der Waals surface area contributed by atoms with Gasteiger partial charge in [0, 0.05) is 17.7 Å². The van der Waals surface area contributed by atoms with Gasteiger partial charge in [0.1, 0.15) is 0 Å². The van der Waals surface area contributed by atoms with E-state index in [1.54, 1.807) is 0 Å². The van der Waals surface area contributed by atoms with Crippen LogP contribution in [0.2, 0.25) is 0 Å². The van der Waals surface area contributed by atoms with E-state index in [0.717, 1.165) is 37.7 Å².